The van der Waals surface area contributed by atoms with Crippen LogP contribution in [-0.4, -0.2) is 35.9 Å². The normalized spacial score (nSPS) is 26.2. The molecule has 0 spiro atoms. The summed E-state index contributed by atoms with van der Waals surface area (Å²) >= 11 is 0. The van der Waals surface area contributed by atoms with Crippen LogP contribution in [0.5, 0.6) is 0 Å². The van der Waals surface area contributed by atoms with Crippen molar-refractivity contribution in [2.45, 2.75) is 85.2 Å². The van der Waals surface area contributed by atoms with E-state index in [9.17, 15) is 14.7 Å². The minimum atomic E-state index is -0.619. The Morgan fingerprint density at radius 2 is 2.06 bits per heavy atom. The van der Waals surface area contributed by atoms with Crippen molar-refractivity contribution in [3.05, 3.63) is 47.1 Å². The fourth-order valence-electron chi connectivity index (χ4n) is 4.74. The Labute approximate surface area is 193 Å². The van der Waals surface area contributed by atoms with Crippen LogP contribution < -0.4 is 0 Å². The molecule has 0 aromatic rings. The average molecular weight is 445 g/mol. The zero-order valence-electron chi connectivity index (χ0n) is 20.4. The molecule has 0 radical (unpaired) electrons. The SMILES string of the molecule is CC(=O)OC/C(=C\C=C\C1=CC(=O)OC1)CC/C=C(\C)CCC1(O)C(C)CCCC1(C)C. The summed E-state index contributed by atoms with van der Waals surface area (Å²) in [7, 11) is 0. The van der Waals surface area contributed by atoms with Crippen LogP contribution in [0.15, 0.2) is 47.1 Å². The predicted octanol–water partition coefficient (Wildman–Crippen LogP) is 5.60. The van der Waals surface area contributed by atoms with Gasteiger partial charge in [-0.2, -0.15) is 0 Å². The minimum absolute atomic E-state index is 0.0539. The summed E-state index contributed by atoms with van der Waals surface area (Å²) in [6, 6.07) is 0. The number of carbonyl (C=O) groups excluding carboxylic acids is 2. The van der Waals surface area contributed by atoms with Crippen molar-refractivity contribution >= 4 is 11.9 Å². The van der Waals surface area contributed by atoms with Crippen molar-refractivity contribution in [2.24, 2.45) is 11.3 Å². The number of aliphatic hydroxyl groups is 1. The van der Waals surface area contributed by atoms with Crippen LogP contribution in [0.3, 0.4) is 0 Å². The Hall–Kier alpha value is -2.14. The number of hydrogen-bond acceptors (Lipinski definition) is 5. The van der Waals surface area contributed by atoms with Gasteiger partial charge in [-0.05, 0) is 67.9 Å². The van der Waals surface area contributed by atoms with Crippen molar-refractivity contribution in [1.29, 1.82) is 0 Å². The molecule has 2 aliphatic rings. The number of cyclic esters (lactones) is 1. The van der Waals surface area contributed by atoms with Gasteiger partial charge in [0, 0.05) is 13.0 Å². The van der Waals surface area contributed by atoms with Gasteiger partial charge in [-0.15, -0.1) is 0 Å². The summed E-state index contributed by atoms with van der Waals surface area (Å²) in [5.41, 5.74) is 2.44. The number of ether oxygens (including phenoxy) is 2. The zero-order chi connectivity index (χ0) is 23.8. The lowest BCUT2D eigenvalue weighted by Gasteiger charge is -2.51. The van der Waals surface area contributed by atoms with Gasteiger partial charge in [0.05, 0.1) is 5.60 Å². The summed E-state index contributed by atoms with van der Waals surface area (Å²) in [5, 5.41) is 11.4. The maximum atomic E-state index is 11.4. The number of hydrogen-bond donors (Lipinski definition) is 1. The number of esters is 2. The summed E-state index contributed by atoms with van der Waals surface area (Å²) in [6.45, 7) is 10.7. The summed E-state index contributed by atoms with van der Waals surface area (Å²) in [4.78, 5) is 22.4. The summed E-state index contributed by atoms with van der Waals surface area (Å²) in [6.07, 6.45) is 16.0. The average Bonchev–Trinajstić information content (AvgIpc) is 3.13. The second kappa shape index (κ2) is 11.6. The summed E-state index contributed by atoms with van der Waals surface area (Å²) < 4.78 is 10.1. The van der Waals surface area contributed by atoms with E-state index >= 15 is 0 Å². The fourth-order valence-corrected chi connectivity index (χ4v) is 4.74. The highest BCUT2D eigenvalue weighted by atomic mass is 16.5. The Bertz CT molecular complexity index is 799. The molecule has 2 rings (SSSR count). The van der Waals surface area contributed by atoms with Crippen LogP contribution in [0.2, 0.25) is 0 Å². The van der Waals surface area contributed by atoms with Crippen molar-refractivity contribution in [3.63, 3.8) is 0 Å². The molecule has 2 atom stereocenters. The molecule has 2 unspecified atom stereocenters. The maximum Gasteiger partial charge on any atom is 0.331 e. The van der Waals surface area contributed by atoms with Crippen LogP contribution in [0.4, 0.5) is 0 Å². The molecule has 32 heavy (non-hydrogen) atoms. The predicted molar refractivity (Wildman–Crippen MR) is 127 cm³/mol. The number of allylic oxidation sites excluding steroid dienone is 4. The molecule has 1 N–H and O–H groups in total. The fraction of sp³-hybridized carbons (Fsp3) is 0.630. The van der Waals surface area contributed by atoms with Crippen LogP contribution in [0.25, 0.3) is 0 Å². The topological polar surface area (TPSA) is 72.8 Å². The Morgan fingerprint density at radius 3 is 2.69 bits per heavy atom. The van der Waals surface area contributed by atoms with E-state index < -0.39 is 5.60 Å². The highest BCUT2D eigenvalue weighted by Gasteiger charge is 2.48. The first kappa shape index (κ1) is 26.1. The molecule has 1 aliphatic heterocycles. The first-order valence-electron chi connectivity index (χ1n) is 11.8. The van der Waals surface area contributed by atoms with Crippen molar-refractivity contribution in [3.8, 4) is 0 Å². The molecule has 5 nitrogen and oxygen atoms in total. The standard InChI is InChI=1S/C27H40O5/c1-20(14-16-27(30)21(2)10-8-15-26(27,4)5)9-6-11-23(18-31-22(3)28)12-7-13-24-17-25(29)32-19-24/h7,9,12-13,17,21,30H,6,8,10-11,14-16,18-19H2,1-5H3/b13-7+,20-9+,23-12-. The zero-order valence-corrected chi connectivity index (χ0v) is 20.4. The highest BCUT2D eigenvalue weighted by Crippen LogP contribution is 2.49. The molecule has 5 heteroatoms. The van der Waals surface area contributed by atoms with E-state index in [1.54, 1.807) is 0 Å². The molecule has 1 heterocycles. The van der Waals surface area contributed by atoms with Crippen LogP contribution >= 0.6 is 0 Å². The third kappa shape index (κ3) is 7.47. The van der Waals surface area contributed by atoms with Gasteiger partial charge >= 0.3 is 11.9 Å². The lowest BCUT2D eigenvalue weighted by molar-refractivity contribution is -0.140. The molecule has 0 amide bonds. The second-order valence-electron chi connectivity index (χ2n) is 9.98. The van der Waals surface area contributed by atoms with E-state index in [1.807, 2.05) is 18.2 Å². The smallest absolute Gasteiger partial charge is 0.331 e. The lowest BCUT2D eigenvalue weighted by atomic mass is 9.59. The van der Waals surface area contributed by atoms with Gasteiger partial charge in [0.25, 0.3) is 0 Å². The van der Waals surface area contributed by atoms with Crippen LogP contribution in [-0.2, 0) is 19.1 Å². The van der Waals surface area contributed by atoms with Crippen LogP contribution in [0, 0.1) is 11.3 Å². The highest BCUT2D eigenvalue weighted by molar-refractivity contribution is 5.86. The van der Waals surface area contributed by atoms with E-state index in [2.05, 4.69) is 33.8 Å². The van der Waals surface area contributed by atoms with Crippen molar-refractivity contribution in [2.75, 3.05) is 13.2 Å². The Kier molecular flexibility index (Phi) is 9.50. The van der Waals surface area contributed by atoms with Gasteiger partial charge in [-0.1, -0.05) is 57.1 Å². The minimum Gasteiger partial charge on any atom is -0.461 e. The molecular weight excluding hydrogens is 404 g/mol. The monoisotopic (exact) mass is 444 g/mol. The third-order valence-electron chi connectivity index (χ3n) is 7.07. The first-order valence-corrected chi connectivity index (χ1v) is 11.8. The Balaban J connectivity index is 1.92. The van der Waals surface area contributed by atoms with E-state index in [4.69, 9.17) is 9.47 Å². The van der Waals surface area contributed by atoms with Gasteiger partial charge in [0.1, 0.15) is 13.2 Å². The Morgan fingerprint density at radius 1 is 1.31 bits per heavy atom. The van der Waals surface area contributed by atoms with Crippen molar-refractivity contribution in [1.82, 2.24) is 0 Å². The molecule has 1 aliphatic carbocycles. The molecular formula is C27H40O5. The van der Waals surface area contributed by atoms with Crippen LogP contribution in [0.1, 0.15) is 79.6 Å². The van der Waals surface area contributed by atoms with Gasteiger partial charge in [0.2, 0.25) is 0 Å². The molecule has 178 valence electrons. The van der Waals surface area contributed by atoms with E-state index in [-0.39, 0.29) is 24.0 Å². The molecule has 0 bridgehead atoms. The van der Waals surface area contributed by atoms with Crippen molar-refractivity contribution < 1.29 is 24.2 Å². The van der Waals surface area contributed by atoms with Gasteiger partial charge < -0.3 is 14.6 Å². The maximum absolute atomic E-state index is 11.4. The first-order chi connectivity index (χ1) is 15.0. The molecule has 0 saturated heterocycles. The largest absolute Gasteiger partial charge is 0.461 e. The van der Waals surface area contributed by atoms with E-state index in [1.165, 1.54) is 25.0 Å². The number of carbonyl (C=O) groups is 2. The molecule has 1 fully saturated rings. The molecule has 0 aromatic heterocycles. The number of rotatable bonds is 10. The van der Waals surface area contributed by atoms with Gasteiger partial charge in [-0.3, -0.25) is 4.79 Å². The van der Waals surface area contributed by atoms with E-state index in [0.29, 0.717) is 12.5 Å². The van der Waals surface area contributed by atoms with Gasteiger partial charge in [0.15, 0.2) is 0 Å². The van der Waals surface area contributed by atoms with E-state index in [0.717, 1.165) is 49.7 Å². The second-order valence-corrected chi connectivity index (χ2v) is 9.98. The third-order valence-corrected chi connectivity index (χ3v) is 7.07. The quantitative estimate of drug-likeness (QED) is 0.270. The van der Waals surface area contributed by atoms with Gasteiger partial charge in [-0.25, -0.2) is 4.79 Å². The molecule has 1 saturated carbocycles. The lowest BCUT2D eigenvalue weighted by Crippen LogP contribution is -2.52. The molecule has 0 aromatic carbocycles. The summed E-state index contributed by atoms with van der Waals surface area (Å²) in [5.74, 6) is -0.300.